The molecule has 0 aliphatic carbocycles. The summed E-state index contributed by atoms with van der Waals surface area (Å²) in [6, 6.07) is 7.23. The number of ketones is 1. The van der Waals surface area contributed by atoms with Crippen molar-refractivity contribution in [2.75, 3.05) is 12.4 Å². The molecule has 2 aromatic rings. The molecule has 0 unspecified atom stereocenters. The Morgan fingerprint density at radius 2 is 2.05 bits per heavy atom. The molecule has 0 aliphatic rings. The third-order valence-electron chi connectivity index (χ3n) is 3.15. The highest BCUT2D eigenvalue weighted by atomic mass is 32.1. The molecule has 0 fully saturated rings. The lowest BCUT2D eigenvalue weighted by Gasteiger charge is -2.08. The Kier molecular flexibility index (Phi) is 4.52. The number of carbonyl (C=O) groups excluding carboxylic acids is 1. The van der Waals surface area contributed by atoms with E-state index in [0.717, 1.165) is 15.4 Å². The molecule has 0 radical (unpaired) electrons. The van der Waals surface area contributed by atoms with Crippen molar-refractivity contribution in [1.82, 2.24) is 0 Å². The van der Waals surface area contributed by atoms with Crippen LogP contribution in [0.1, 0.15) is 26.4 Å². The molecule has 2 rings (SSSR count). The topological polar surface area (TPSA) is 38.3 Å². The summed E-state index contributed by atoms with van der Waals surface area (Å²) in [7, 11) is 1.56. The highest BCUT2D eigenvalue weighted by molar-refractivity contribution is 7.79. The Hall–Kier alpha value is -1.72. The number of hydrogen-bond donors (Lipinski definition) is 1. The van der Waals surface area contributed by atoms with E-state index < -0.39 is 0 Å². The maximum Gasteiger partial charge on any atom is 0.200 e. The Morgan fingerprint density at radius 1 is 1.35 bits per heavy atom. The fraction of sp³-hybridized carbons (Fsp3) is 0.200. The van der Waals surface area contributed by atoms with Gasteiger partial charge in [0.15, 0.2) is 5.78 Å². The number of thiocarbonyl (C=S) groups is 1. The highest BCUT2D eigenvalue weighted by Gasteiger charge is 2.22. The summed E-state index contributed by atoms with van der Waals surface area (Å²) in [4.78, 5) is 13.9. The number of benzene rings is 1. The van der Waals surface area contributed by atoms with Gasteiger partial charge in [0.1, 0.15) is 10.8 Å². The van der Waals surface area contributed by atoms with Crippen molar-refractivity contribution in [3.63, 3.8) is 0 Å². The Morgan fingerprint density at radius 3 is 2.70 bits per heavy atom. The van der Waals surface area contributed by atoms with Crippen LogP contribution in [-0.2, 0) is 0 Å². The molecule has 0 saturated heterocycles. The van der Waals surface area contributed by atoms with Crippen LogP contribution in [0.4, 0.5) is 5.00 Å². The van der Waals surface area contributed by atoms with Gasteiger partial charge < -0.3 is 10.1 Å². The van der Waals surface area contributed by atoms with Crippen LogP contribution in [0.2, 0.25) is 0 Å². The average Bonchev–Trinajstić information content (AvgIpc) is 2.73. The minimum atomic E-state index is -0.0522. The first-order chi connectivity index (χ1) is 9.60. The summed E-state index contributed by atoms with van der Waals surface area (Å²) in [6.45, 7) is 3.94. The van der Waals surface area contributed by atoms with Crippen LogP contribution in [-0.4, -0.2) is 18.4 Å². The number of rotatable bonds is 5. The van der Waals surface area contributed by atoms with Gasteiger partial charge in [-0.2, -0.15) is 0 Å². The van der Waals surface area contributed by atoms with Gasteiger partial charge in [-0.05, 0) is 31.5 Å². The summed E-state index contributed by atoms with van der Waals surface area (Å²) in [5.41, 5.74) is 3.62. The molecule has 1 aromatic carbocycles. The number of ether oxygens (including phenoxy) is 1. The van der Waals surface area contributed by atoms with Crippen molar-refractivity contribution < 1.29 is 9.53 Å². The van der Waals surface area contributed by atoms with Crippen LogP contribution in [0.15, 0.2) is 24.3 Å². The minimum absolute atomic E-state index is 0.0522. The number of para-hydroxylation sites is 1. The Bertz CT molecular complexity index is 662. The minimum Gasteiger partial charge on any atom is -0.496 e. The molecule has 5 heteroatoms. The molecule has 0 atom stereocenters. The van der Waals surface area contributed by atoms with Crippen LogP contribution in [0.25, 0.3) is 0 Å². The van der Waals surface area contributed by atoms with Crippen molar-refractivity contribution in [3.8, 4) is 5.75 Å². The monoisotopic (exact) mass is 305 g/mol. The summed E-state index contributed by atoms with van der Waals surface area (Å²) in [6.07, 6.45) is 0. The van der Waals surface area contributed by atoms with Crippen molar-refractivity contribution in [2.24, 2.45) is 0 Å². The fourth-order valence-electron chi connectivity index (χ4n) is 2.02. The van der Waals surface area contributed by atoms with E-state index in [1.165, 1.54) is 16.8 Å². The number of thiophene rings is 1. The van der Waals surface area contributed by atoms with E-state index in [-0.39, 0.29) is 5.78 Å². The zero-order valence-electron chi connectivity index (χ0n) is 11.5. The Labute approximate surface area is 127 Å². The van der Waals surface area contributed by atoms with E-state index in [1.807, 2.05) is 26.0 Å². The van der Waals surface area contributed by atoms with E-state index in [1.54, 1.807) is 19.2 Å². The molecule has 1 N–H and O–H groups in total. The largest absolute Gasteiger partial charge is 0.496 e. The van der Waals surface area contributed by atoms with Crippen LogP contribution in [0, 0.1) is 13.8 Å². The lowest BCUT2D eigenvalue weighted by molar-refractivity contribution is 0.103. The molecule has 0 bridgehead atoms. The van der Waals surface area contributed by atoms with E-state index in [9.17, 15) is 4.79 Å². The lowest BCUT2D eigenvalue weighted by Crippen LogP contribution is -2.07. The van der Waals surface area contributed by atoms with Crippen molar-refractivity contribution >= 4 is 39.8 Å². The predicted octanol–water partition coefficient (Wildman–Crippen LogP) is 3.97. The number of nitrogens with one attached hydrogen (secondary N) is 1. The van der Waals surface area contributed by atoms with Crippen LogP contribution in [0.3, 0.4) is 0 Å². The standard InChI is InChI=1S/C15H15NO2S2/c1-9-10(2)20-15(16-8-19)13(9)14(17)11-6-4-5-7-12(11)18-3/h4-8H,1-3H3,(H,16,19). The van der Waals surface area contributed by atoms with Crippen molar-refractivity contribution in [1.29, 1.82) is 0 Å². The predicted molar refractivity (Wildman–Crippen MR) is 87.5 cm³/mol. The van der Waals surface area contributed by atoms with E-state index >= 15 is 0 Å². The molecular formula is C15H15NO2S2. The van der Waals surface area contributed by atoms with Gasteiger partial charge >= 0.3 is 0 Å². The molecule has 1 aromatic heterocycles. The van der Waals surface area contributed by atoms with Crippen molar-refractivity contribution in [3.05, 3.63) is 45.8 Å². The smallest absolute Gasteiger partial charge is 0.200 e. The maximum atomic E-state index is 12.8. The fourth-order valence-corrected chi connectivity index (χ4v) is 3.24. The SMILES string of the molecule is COc1ccccc1C(=O)c1c(NC=S)sc(C)c1C. The summed E-state index contributed by atoms with van der Waals surface area (Å²) in [5, 5.41) is 3.76. The molecule has 1 heterocycles. The first kappa shape index (κ1) is 14.7. The Balaban J connectivity index is 2.56. The van der Waals surface area contributed by atoms with Gasteiger partial charge in [-0.25, -0.2) is 0 Å². The average molecular weight is 305 g/mol. The molecule has 0 amide bonds. The second-order valence-electron chi connectivity index (χ2n) is 4.28. The van der Waals surface area contributed by atoms with Gasteiger partial charge in [-0.15, -0.1) is 11.3 Å². The quantitative estimate of drug-likeness (QED) is 0.670. The lowest BCUT2D eigenvalue weighted by atomic mass is 10.0. The number of aryl methyl sites for hydroxylation is 1. The van der Waals surface area contributed by atoms with Crippen LogP contribution < -0.4 is 10.1 Å². The third-order valence-corrected chi connectivity index (χ3v) is 4.41. The second kappa shape index (κ2) is 6.15. The maximum absolute atomic E-state index is 12.8. The zero-order valence-corrected chi connectivity index (χ0v) is 13.2. The molecule has 20 heavy (non-hydrogen) atoms. The number of carbonyl (C=O) groups is 1. The first-order valence-corrected chi connectivity index (χ1v) is 7.36. The van der Waals surface area contributed by atoms with Crippen molar-refractivity contribution in [2.45, 2.75) is 13.8 Å². The van der Waals surface area contributed by atoms with E-state index in [0.29, 0.717) is 16.9 Å². The number of anilines is 1. The van der Waals surface area contributed by atoms with E-state index in [2.05, 4.69) is 5.32 Å². The molecule has 3 nitrogen and oxygen atoms in total. The summed E-state index contributed by atoms with van der Waals surface area (Å²) in [5.74, 6) is 0.526. The van der Waals surface area contributed by atoms with Gasteiger partial charge in [0.25, 0.3) is 0 Å². The van der Waals surface area contributed by atoms with Gasteiger partial charge in [0.2, 0.25) is 0 Å². The molecule has 0 aliphatic heterocycles. The molecular weight excluding hydrogens is 290 g/mol. The normalized spacial score (nSPS) is 10.2. The summed E-state index contributed by atoms with van der Waals surface area (Å²) < 4.78 is 5.27. The second-order valence-corrected chi connectivity index (χ2v) is 5.74. The molecule has 0 spiro atoms. The summed E-state index contributed by atoms with van der Waals surface area (Å²) >= 11 is 6.36. The third kappa shape index (κ3) is 2.59. The zero-order chi connectivity index (χ0) is 14.7. The van der Waals surface area contributed by atoms with E-state index in [4.69, 9.17) is 17.0 Å². The van der Waals surface area contributed by atoms with Crippen LogP contribution >= 0.6 is 23.6 Å². The van der Waals surface area contributed by atoms with Gasteiger partial charge in [0, 0.05) is 4.88 Å². The number of hydrogen-bond acceptors (Lipinski definition) is 4. The molecule has 104 valence electrons. The number of methoxy groups -OCH3 is 1. The highest BCUT2D eigenvalue weighted by Crippen LogP contribution is 2.35. The van der Waals surface area contributed by atoms with Gasteiger partial charge in [-0.3, -0.25) is 4.79 Å². The van der Waals surface area contributed by atoms with Gasteiger partial charge in [-0.1, -0.05) is 24.4 Å². The van der Waals surface area contributed by atoms with Crippen LogP contribution in [0.5, 0.6) is 5.75 Å². The van der Waals surface area contributed by atoms with Gasteiger partial charge in [0.05, 0.1) is 23.7 Å². The molecule has 0 saturated carbocycles. The first-order valence-electron chi connectivity index (χ1n) is 6.08.